The van der Waals surface area contributed by atoms with Gasteiger partial charge in [-0.15, -0.1) is 13.2 Å². The van der Waals surface area contributed by atoms with Gasteiger partial charge in [0.05, 0.1) is 18.3 Å². The van der Waals surface area contributed by atoms with Gasteiger partial charge in [-0.25, -0.2) is 9.78 Å². The van der Waals surface area contributed by atoms with Gasteiger partial charge in [-0.05, 0) is 29.8 Å². The fourth-order valence-electron chi connectivity index (χ4n) is 3.06. The van der Waals surface area contributed by atoms with E-state index < -0.39 is 36.1 Å². The van der Waals surface area contributed by atoms with Crippen LogP contribution in [0.5, 0.6) is 5.75 Å². The van der Waals surface area contributed by atoms with Crippen LogP contribution in [-0.4, -0.2) is 42.4 Å². The van der Waals surface area contributed by atoms with Crippen LogP contribution < -0.4 is 20.3 Å². The van der Waals surface area contributed by atoms with E-state index in [1.54, 1.807) is 12.1 Å². The molecule has 2 aromatic rings. The van der Waals surface area contributed by atoms with E-state index in [1.165, 1.54) is 25.3 Å². The van der Waals surface area contributed by atoms with Crippen molar-refractivity contribution in [2.75, 3.05) is 23.4 Å². The summed E-state index contributed by atoms with van der Waals surface area (Å²) in [6.45, 7) is 0.910. The fourth-order valence-corrected chi connectivity index (χ4v) is 3.06. The van der Waals surface area contributed by atoms with Crippen molar-refractivity contribution in [3.8, 4) is 5.75 Å². The lowest BCUT2D eigenvalue weighted by Crippen LogP contribution is -2.48. The van der Waals surface area contributed by atoms with E-state index in [-0.39, 0.29) is 25.4 Å². The molecule has 0 radical (unpaired) electrons. The van der Waals surface area contributed by atoms with Gasteiger partial charge in [0.1, 0.15) is 12.3 Å². The minimum absolute atomic E-state index is 0.0452. The van der Waals surface area contributed by atoms with Crippen LogP contribution in [0.25, 0.3) is 0 Å². The number of amides is 3. The molecule has 0 spiro atoms. The van der Waals surface area contributed by atoms with Crippen molar-refractivity contribution in [1.82, 2.24) is 10.3 Å². The fraction of sp³-hybridized carbons (Fsp3) is 0.300. The van der Waals surface area contributed by atoms with Crippen molar-refractivity contribution in [3.05, 3.63) is 48.2 Å². The summed E-state index contributed by atoms with van der Waals surface area (Å²) in [6, 6.07) is 6.74. The summed E-state index contributed by atoms with van der Waals surface area (Å²) < 4.78 is 46.0. The first-order chi connectivity index (χ1) is 15.1. The number of urea groups is 1. The first-order valence-corrected chi connectivity index (χ1v) is 9.44. The predicted molar refractivity (Wildman–Crippen MR) is 106 cm³/mol. The van der Waals surface area contributed by atoms with Gasteiger partial charge in [-0.1, -0.05) is 12.1 Å². The second-order valence-electron chi connectivity index (χ2n) is 6.76. The van der Waals surface area contributed by atoms with Crippen molar-refractivity contribution in [2.45, 2.75) is 25.7 Å². The largest absolute Gasteiger partial charge is 0.573 e. The number of nitrogens with one attached hydrogen (secondary N) is 2. The molecule has 2 heterocycles. The molecule has 0 saturated carbocycles. The average Bonchev–Trinajstić information content (AvgIpc) is 2.71. The van der Waals surface area contributed by atoms with Gasteiger partial charge in [0.15, 0.2) is 5.82 Å². The summed E-state index contributed by atoms with van der Waals surface area (Å²) in [7, 11) is 0. The van der Waals surface area contributed by atoms with Crippen LogP contribution in [0.15, 0.2) is 42.6 Å². The second kappa shape index (κ2) is 9.54. The highest BCUT2D eigenvalue weighted by Gasteiger charge is 2.32. The number of halogens is 3. The topological polar surface area (TPSA) is 110 Å². The maximum Gasteiger partial charge on any atom is 0.573 e. The molecular formula is C20H19F3N4O5. The molecule has 1 unspecified atom stereocenters. The molecule has 1 aliphatic rings. The Morgan fingerprint density at radius 3 is 2.62 bits per heavy atom. The Labute approximate surface area is 180 Å². The third-order valence-electron chi connectivity index (χ3n) is 4.39. The molecule has 2 N–H and O–H groups in total. The number of fused-ring (bicyclic) bond motifs is 1. The molecule has 9 nitrogen and oxygen atoms in total. The van der Waals surface area contributed by atoms with Crippen molar-refractivity contribution in [1.29, 1.82) is 0 Å². The van der Waals surface area contributed by atoms with Gasteiger partial charge in [0, 0.05) is 19.5 Å². The first-order valence-electron chi connectivity index (χ1n) is 9.44. The molecule has 12 heteroatoms. The number of pyridine rings is 1. The summed E-state index contributed by atoms with van der Waals surface area (Å²) in [5.74, 6) is -1.10. The van der Waals surface area contributed by atoms with E-state index >= 15 is 0 Å². The highest BCUT2D eigenvalue weighted by atomic mass is 19.4. The number of benzene rings is 1. The molecule has 32 heavy (non-hydrogen) atoms. The summed E-state index contributed by atoms with van der Waals surface area (Å²) in [5.41, 5.74) is 0.812. The zero-order chi connectivity index (χ0) is 23.3. The number of carbonyl (C=O) groups is 3. The molecule has 1 aromatic carbocycles. The van der Waals surface area contributed by atoms with Crippen molar-refractivity contribution in [3.63, 3.8) is 0 Å². The number of hydrogen-bond donors (Lipinski definition) is 2. The third kappa shape index (κ3) is 6.09. The molecule has 0 saturated heterocycles. The first kappa shape index (κ1) is 22.8. The molecule has 1 aromatic heterocycles. The molecule has 3 rings (SSSR count). The summed E-state index contributed by atoms with van der Waals surface area (Å²) in [5, 5.41) is 5.33. The maximum absolute atomic E-state index is 13.0. The second-order valence-corrected chi connectivity index (χ2v) is 6.76. The van der Waals surface area contributed by atoms with Gasteiger partial charge in [0.2, 0.25) is 5.91 Å². The molecule has 0 fully saturated rings. The Balaban J connectivity index is 1.79. The van der Waals surface area contributed by atoms with Gasteiger partial charge >= 0.3 is 18.4 Å². The van der Waals surface area contributed by atoms with Crippen LogP contribution in [0, 0.1) is 0 Å². The maximum atomic E-state index is 13.0. The minimum Gasteiger partial charge on any atom is -0.466 e. The Morgan fingerprint density at radius 2 is 1.97 bits per heavy atom. The normalized spacial score (nSPS) is 14.1. The zero-order valence-electron chi connectivity index (χ0n) is 16.8. The van der Waals surface area contributed by atoms with E-state index in [0.717, 1.165) is 17.0 Å². The minimum atomic E-state index is -4.83. The number of nitrogens with zero attached hydrogens (tertiary/aromatic N) is 2. The Kier molecular flexibility index (Phi) is 6.81. The standard InChI is InChI=1S/C20H19F3N4O5/c1-12(28)31-10-8-15(13-4-6-14(7-5-13)32-20(21,22)23)26-19(30)27-11-17(29)25-16-3-2-9-24-18(16)27/h2-7,9,15H,8,10-11H2,1H3,(H,25,29)(H,26,30). The molecule has 0 bridgehead atoms. The van der Waals surface area contributed by atoms with Crippen LogP contribution >= 0.6 is 0 Å². The van der Waals surface area contributed by atoms with E-state index in [0.29, 0.717) is 11.3 Å². The number of aromatic nitrogens is 1. The van der Waals surface area contributed by atoms with Crippen molar-refractivity contribution >= 4 is 29.4 Å². The van der Waals surface area contributed by atoms with Crippen LogP contribution in [0.1, 0.15) is 24.9 Å². The summed E-state index contributed by atoms with van der Waals surface area (Å²) >= 11 is 0. The number of alkyl halides is 3. The van der Waals surface area contributed by atoms with Crippen LogP contribution in [0.2, 0.25) is 0 Å². The summed E-state index contributed by atoms with van der Waals surface area (Å²) in [4.78, 5) is 41.3. The number of esters is 1. The van der Waals surface area contributed by atoms with Crippen molar-refractivity contribution in [2.24, 2.45) is 0 Å². The average molecular weight is 452 g/mol. The van der Waals surface area contributed by atoms with Crippen LogP contribution in [0.3, 0.4) is 0 Å². The molecule has 170 valence electrons. The quantitative estimate of drug-likeness (QED) is 0.652. The number of carbonyl (C=O) groups excluding carboxylic acids is 3. The van der Waals surface area contributed by atoms with E-state index in [2.05, 4.69) is 20.4 Å². The Bertz CT molecular complexity index is 997. The smallest absolute Gasteiger partial charge is 0.466 e. The van der Waals surface area contributed by atoms with Gasteiger partial charge < -0.3 is 20.1 Å². The SMILES string of the molecule is CC(=O)OCCC(NC(=O)N1CC(=O)Nc2cccnc21)c1ccc(OC(F)(F)F)cc1. The molecule has 1 aliphatic heterocycles. The number of anilines is 2. The lowest BCUT2D eigenvalue weighted by Gasteiger charge is -2.30. The molecule has 1 atom stereocenters. The molecule has 3 amide bonds. The molecular weight excluding hydrogens is 433 g/mol. The highest BCUT2D eigenvalue weighted by Crippen LogP contribution is 2.28. The van der Waals surface area contributed by atoms with Gasteiger partial charge in [-0.3, -0.25) is 14.5 Å². The summed E-state index contributed by atoms with van der Waals surface area (Å²) in [6.07, 6.45) is -3.23. The zero-order valence-corrected chi connectivity index (χ0v) is 16.8. The monoisotopic (exact) mass is 452 g/mol. The third-order valence-corrected chi connectivity index (χ3v) is 4.39. The van der Waals surface area contributed by atoms with Crippen molar-refractivity contribution < 1.29 is 37.0 Å². The lowest BCUT2D eigenvalue weighted by molar-refractivity contribution is -0.274. The Morgan fingerprint density at radius 1 is 1.25 bits per heavy atom. The van der Waals surface area contributed by atoms with Gasteiger partial charge in [-0.2, -0.15) is 0 Å². The Hall–Kier alpha value is -3.83. The van der Waals surface area contributed by atoms with Gasteiger partial charge in [0.25, 0.3) is 0 Å². The van der Waals surface area contributed by atoms with Crippen LogP contribution in [0.4, 0.5) is 29.5 Å². The van der Waals surface area contributed by atoms with E-state index in [1.807, 2.05) is 0 Å². The predicted octanol–water partition coefficient (Wildman–Crippen LogP) is 3.14. The lowest BCUT2D eigenvalue weighted by atomic mass is 10.0. The van der Waals surface area contributed by atoms with E-state index in [9.17, 15) is 27.6 Å². The number of ether oxygens (including phenoxy) is 2. The molecule has 0 aliphatic carbocycles. The van der Waals surface area contributed by atoms with Crippen LogP contribution in [-0.2, 0) is 14.3 Å². The van der Waals surface area contributed by atoms with E-state index in [4.69, 9.17) is 4.74 Å². The highest BCUT2D eigenvalue weighted by molar-refractivity contribution is 6.08. The number of hydrogen-bond acceptors (Lipinski definition) is 6. The number of rotatable bonds is 6.